The molecule has 0 aromatic heterocycles. The first-order chi connectivity index (χ1) is 9.51. The summed E-state index contributed by atoms with van der Waals surface area (Å²) in [5.41, 5.74) is 7.03. The molecule has 2 aromatic rings. The Balaban J connectivity index is 2.33. The van der Waals surface area contributed by atoms with E-state index in [4.69, 9.17) is 15.2 Å². The summed E-state index contributed by atoms with van der Waals surface area (Å²) in [5, 5.41) is 0. The molecule has 2 aromatic carbocycles. The lowest BCUT2D eigenvalue weighted by atomic mass is 10.1. The largest absolute Gasteiger partial charge is 0.497 e. The number of ether oxygens (including phenoxy) is 2. The molecule has 0 amide bonds. The van der Waals surface area contributed by atoms with Gasteiger partial charge in [0.05, 0.1) is 7.11 Å². The van der Waals surface area contributed by atoms with Crippen molar-refractivity contribution < 1.29 is 13.9 Å². The van der Waals surface area contributed by atoms with Crippen LogP contribution in [0.15, 0.2) is 36.4 Å². The topological polar surface area (TPSA) is 44.5 Å². The zero-order chi connectivity index (χ0) is 14.7. The van der Waals surface area contributed by atoms with E-state index in [2.05, 4.69) is 0 Å². The van der Waals surface area contributed by atoms with Gasteiger partial charge in [0, 0.05) is 11.6 Å². The first-order valence-electron chi connectivity index (χ1n) is 6.39. The van der Waals surface area contributed by atoms with E-state index in [-0.39, 0.29) is 11.9 Å². The lowest BCUT2D eigenvalue weighted by Crippen LogP contribution is -2.08. The molecule has 106 valence electrons. The fourth-order valence-electron chi connectivity index (χ4n) is 1.89. The minimum Gasteiger partial charge on any atom is -0.497 e. The Morgan fingerprint density at radius 2 is 1.70 bits per heavy atom. The minimum absolute atomic E-state index is 0.278. The molecule has 0 bridgehead atoms. The van der Waals surface area contributed by atoms with Crippen molar-refractivity contribution in [3.05, 3.63) is 53.3 Å². The third kappa shape index (κ3) is 3.08. The second-order valence-corrected chi connectivity index (χ2v) is 4.71. The number of aryl methyl sites for hydroxylation is 1. The average Bonchev–Trinajstić information content (AvgIpc) is 2.43. The van der Waals surface area contributed by atoms with E-state index >= 15 is 0 Å². The number of nitrogens with two attached hydrogens (primary N) is 1. The number of rotatable bonds is 4. The standard InChI is InChI=1S/C16H18FNO2/c1-10-8-16(14(11(2)18)9-15(10)17)20-13-6-4-12(19-3)5-7-13/h4-9,11H,18H2,1-3H3/t11-/m0/s1. The maximum absolute atomic E-state index is 13.6. The van der Waals surface area contributed by atoms with Crippen molar-refractivity contribution in [1.29, 1.82) is 0 Å². The molecule has 0 spiro atoms. The second-order valence-electron chi connectivity index (χ2n) is 4.71. The van der Waals surface area contributed by atoms with Gasteiger partial charge in [-0.15, -0.1) is 0 Å². The Labute approximate surface area is 118 Å². The Bertz CT molecular complexity index is 594. The predicted molar refractivity (Wildman–Crippen MR) is 76.8 cm³/mol. The van der Waals surface area contributed by atoms with E-state index in [1.54, 1.807) is 51.3 Å². The van der Waals surface area contributed by atoms with Crippen LogP contribution in [0.1, 0.15) is 24.1 Å². The van der Waals surface area contributed by atoms with E-state index in [0.717, 1.165) is 5.75 Å². The Morgan fingerprint density at radius 1 is 1.10 bits per heavy atom. The summed E-state index contributed by atoms with van der Waals surface area (Å²) in [5.74, 6) is 1.70. The molecule has 0 fully saturated rings. The van der Waals surface area contributed by atoms with Gasteiger partial charge in [0.1, 0.15) is 23.1 Å². The Hall–Kier alpha value is -2.07. The fourth-order valence-corrected chi connectivity index (χ4v) is 1.89. The van der Waals surface area contributed by atoms with Crippen molar-refractivity contribution in [2.24, 2.45) is 5.73 Å². The van der Waals surface area contributed by atoms with Crippen LogP contribution in [0.25, 0.3) is 0 Å². The van der Waals surface area contributed by atoms with Crippen molar-refractivity contribution in [1.82, 2.24) is 0 Å². The average molecular weight is 275 g/mol. The van der Waals surface area contributed by atoms with Crippen molar-refractivity contribution >= 4 is 0 Å². The molecular formula is C16H18FNO2. The minimum atomic E-state index is -0.307. The summed E-state index contributed by atoms with van der Waals surface area (Å²) in [6.45, 7) is 3.49. The van der Waals surface area contributed by atoms with Gasteiger partial charge in [-0.2, -0.15) is 0 Å². The number of methoxy groups -OCH3 is 1. The highest BCUT2D eigenvalue weighted by atomic mass is 19.1. The van der Waals surface area contributed by atoms with Crippen LogP contribution in [0.2, 0.25) is 0 Å². The highest BCUT2D eigenvalue weighted by Gasteiger charge is 2.13. The number of halogens is 1. The normalized spacial score (nSPS) is 12.1. The molecule has 1 atom stereocenters. The van der Waals surface area contributed by atoms with Gasteiger partial charge in [0.2, 0.25) is 0 Å². The fraction of sp³-hybridized carbons (Fsp3) is 0.250. The molecule has 0 heterocycles. The van der Waals surface area contributed by atoms with Gasteiger partial charge >= 0.3 is 0 Å². The number of hydrogen-bond acceptors (Lipinski definition) is 3. The molecule has 0 saturated heterocycles. The van der Waals surface area contributed by atoms with E-state index < -0.39 is 0 Å². The van der Waals surface area contributed by atoms with E-state index in [1.165, 1.54) is 6.07 Å². The van der Waals surface area contributed by atoms with Gasteiger partial charge < -0.3 is 15.2 Å². The van der Waals surface area contributed by atoms with Gasteiger partial charge in [-0.25, -0.2) is 4.39 Å². The zero-order valence-corrected chi connectivity index (χ0v) is 11.8. The summed E-state index contributed by atoms with van der Waals surface area (Å²) < 4.78 is 24.5. The summed E-state index contributed by atoms with van der Waals surface area (Å²) in [7, 11) is 1.60. The van der Waals surface area contributed by atoms with Crippen LogP contribution in [0.4, 0.5) is 4.39 Å². The molecule has 4 heteroatoms. The van der Waals surface area contributed by atoms with Crippen molar-refractivity contribution in [3.63, 3.8) is 0 Å². The highest BCUT2D eigenvalue weighted by Crippen LogP contribution is 2.31. The molecular weight excluding hydrogens is 257 g/mol. The summed E-state index contributed by atoms with van der Waals surface area (Å²) in [6.07, 6.45) is 0. The second kappa shape index (κ2) is 5.92. The van der Waals surface area contributed by atoms with Crippen molar-refractivity contribution in [2.75, 3.05) is 7.11 Å². The quantitative estimate of drug-likeness (QED) is 0.918. The zero-order valence-electron chi connectivity index (χ0n) is 11.8. The van der Waals surface area contributed by atoms with Crippen LogP contribution < -0.4 is 15.2 Å². The summed E-state index contributed by atoms with van der Waals surface area (Å²) in [4.78, 5) is 0. The first-order valence-corrected chi connectivity index (χ1v) is 6.39. The lowest BCUT2D eigenvalue weighted by molar-refractivity contribution is 0.412. The van der Waals surface area contributed by atoms with E-state index in [0.29, 0.717) is 22.6 Å². The molecule has 0 aliphatic carbocycles. The molecule has 0 aliphatic heterocycles. The molecule has 0 radical (unpaired) electrons. The molecule has 0 aliphatic rings. The van der Waals surface area contributed by atoms with Crippen LogP contribution >= 0.6 is 0 Å². The third-order valence-electron chi connectivity index (χ3n) is 3.07. The molecule has 2 N–H and O–H groups in total. The smallest absolute Gasteiger partial charge is 0.132 e. The van der Waals surface area contributed by atoms with Gasteiger partial charge in [0.15, 0.2) is 0 Å². The first kappa shape index (κ1) is 14.3. The molecule has 20 heavy (non-hydrogen) atoms. The van der Waals surface area contributed by atoms with Crippen LogP contribution in [0.3, 0.4) is 0 Å². The lowest BCUT2D eigenvalue weighted by Gasteiger charge is -2.15. The molecule has 0 saturated carbocycles. The van der Waals surface area contributed by atoms with Gasteiger partial charge in [-0.3, -0.25) is 0 Å². The summed E-state index contributed by atoms with van der Waals surface area (Å²) >= 11 is 0. The Morgan fingerprint density at radius 3 is 2.25 bits per heavy atom. The SMILES string of the molecule is COc1ccc(Oc2cc(C)c(F)cc2[C@H](C)N)cc1. The molecule has 3 nitrogen and oxygen atoms in total. The maximum Gasteiger partial charge on any atom is 0.132 e. The highest BCUT2D eigenvalue weighted by molar-refractivity contribution is 5.43. The molecule has 2 rings (SSSR count). The van der Waals surface area contributed by atoms with Gasteiger partial charge in [-0.05, 0) is 55.8 Å². The predicted octanol–water partition coefficient (Wildman–Crippen LogP) is 3.95. The van der Waals surface area contributed by atoms with Crippen LogP contribution in [0.5, 0.6) is 17.2 Å². The third-order valence-corrected chi connectivity index (χ3v) is 3.07. The van der Waals surface area contributed by atoms with Crippen LogP contribution in [-0.4, -0.2) is 7.11 Å². The summed E-state index contributed by atoms with van der Waals surface area (Å²) in [6, 6.07) is 9.98. The van der Waals surface area contributed by atoms with Gasteiger partial charge in [0.25, 0.3) is 0 Å². The van der Waals surface area contributed by atoms with Gasteiger partial charge in [-0.1, -0.05) is 0 Å². The van der Waals surface area contributed by atoms with Crippen LogP contribution in [0, 0.1) is 12.7 Å². The number of benzene rings is 2. The monoisotopic (exact) mass is 275 g/mol. The number of hydrogen-bond donors (Lipinski definition) is 1. The van der Waals surface area contributed by atoms with E-state index in [9.17, 15) is 4.39 Å². The van der Waals surface area contributed by atoms with Crippen LogP contribution in [-0.2, 0) is 0 Å². The van der Waals surface area contributed by atoms with Crippen molar-refractivity contribution in [2.45, 2.75) is 19.9 Å². The molecule has 0 unspecified atom stereocenters. The van der Waals surface area contributed by atoms with E-state index in [1.807, 2.05) is 0 Å². The Kier molecular flexibility index (Phi) is 4.25. The maximum atomic E-state index is 13.6. The van der Waals surface area contributed by atoms with Crippen molar-refractivity contribution in [3.8, 4) is 17.2 Å².